The summed E-state index contributed by atoms with van der Waals surface area (Å²) in [4.78, 5) is 34.2. The molecule has 14 nitrogen and oxygen atoms in total. The van der Waals surface area contributed by atoms with E-state index in [0.29, 0.717) is 34.4 Å². The van der Waals surface area contributed by atoms with Gasteiger partial charge in [-0.25, -0.2) is 23.0 Å². The normalized spacial score (nSPS) is 19.3. The van der Waals surface area contributed by atoms with Crippen LogP contribution in [0, 0.1) is 38.2 Å². The lowest BCUT2D eigenvalue weighted by Gasteiger charge is -2.37. The van der Waals surface area contributed by atoms with E-state index in [9.17, 15) is 18.0 Å². The van der Waals surface area contributed by atoms with E-state index < -0.39 is 39.6 Å². The minimum Gasteiger partial charge on any atom is -0.479 e. The molecule has 1 fully saturated rings. The van der Waals surface area contributed by atoms with Crippen molar-refractivity contribution in [3.63, 3.8) is 0 Å². The second kappa shape index (κ2) is 15.7. The fourth-order valence-electron chi connectivity index (χ4n) is 6.35. The molecule has 0 bridgehead atoms. The highest BCUT2D eigenvalue weighted by Gasteiger charge is 2.35. The van der Waals surface area contributed by atoms with Crippen LogP contribution in [0.3, 0.4) is 0 Å². The van der Waals surface area contributed by atoms with Gasteiger partial charge in [0.05, 0.1) is 18.5 Å². The van der Waals surface area contributed by atoms with Gasteiger partial charge in [-0.2, -0.15) is 8.42 Å². The molecule has 2 aromatic carbocycles. The molecule has 3 unspecified atom stereocenters. The second-order valence-electron chi connectivity index (χ2n) is 12.9. The number of rotatable bonds is 9. The number of fused-ring (bicyclic) bond motifs is 1. The molecule has 3 atom stereocenters. The Hall–Kier alpha value is -5.01. The number of carbonyl (C=O) groups excluding carboxylic acids is 2. The van der Waals surface area contributed by atoms with Crippen molar-refractivity contribution in [3.05, 3.63) is 70.7 Å². The van der Waals surface area contributed by atoms with Crippen molar-refractivity contribution >= 4 is 56.2 Å². The quantitative estimate of drug-likeness (QED) is 0.144. The number of hydrogen-bond donors (Lipinski definition) is 3. The van der Waals surface area contributed by atoms with E-state index in [0.717, 1.165) is 35.9 Å². The Kier molecular flexibility index (Phi) is 11.9. The summed E-state index contributed by atoms with van der Waals surface area (Å²) in [6.45, 7) is 19.4. The number of nitrogens with one attached hydrogen (secondary N) is 3. The number of anilines is 2. The van der Waals surface area contributed by atoms with Crippen molar-refractivity contribution in [2.45, 2.75) is 66.6 Å². The zero-order chi connectivity index (χ0) is 36.9. The third-order valence-corrected chi connectivity index (χ3v) is 9.09. The molecule has 50 heavy (non-hydrogen) atoms. The van der Waals surface area contributed by atoms with Crippen LogP contribution < -0.4 is 14.8 Å². The number of carbonyl (C=O) groups is 2. The molecule has 0 spiro atoms. The standard InChI is InChI=1S/C34H40N6O6S.O2S/c1-18-9-12-28(45-23(6)33(41)39-47(8,43)44)26(15-18)36-25-16-24(11-10-20(25)3)31-37-32-29(27(35-7)17-40(32)38-31)34(42)46-30-21(4)13-19(2)14-22(30)5;1-3-2/h9-12,15-17,19,21-23,30,36H,13-14H2,1-6,8H3,(H,37,38)(H,39,41);. The predicted octanol–water partition coefficient (Wildman–Crippen LogP) is 5.64. The first-order valence-corrected chi connectivity index (χ1v) is 18.4. The van der Waals surface area contributed by atoms with Gasteiger partial charge >= 0.3 is 17.5 Å². The van der Waals surface area contributed by atoms with Crippen molar-refractivity contribution in [1.82, 2.24) is 19.3 Å². The SMILES string of the molecule is O=S=O.[C-]#[N+]c1cn2[nH]c(-c3ccc(C)c(Nc4cc(C)ccc4OC(C)C(=O)NS(C)(=O)=O)c3)nc2c1C(=O)OC1C(C)CC(C)CC1C. The number of esters is 1. The molecule has 0 saturated heterocycles. The molecular weight excluding hydrogens is 685 g/mol. The van der Waals surface area contributed by atoms with Crippen molar-refractivity contribution in [2.24, 2.45) is 17.8 Å². The number of sulfonamides is 1. The lowest BCUT2D eigenvalue weighted by Crippen LogP contribution is -2.39. The maximum absolute atomic E-state index is 13.5. The highest BCUT2D eigenvalue weighted by Crippen LogP contribution is 2.37. The summed E-state index contributed by atoms with van der Waals surface area (Å²) in [5.41, 5.74) is 4.48. The Balaban J connectivity index is 0.00000181. The van der Waals surface area contributed by atoms with Crippen molar-refractivity contribution in [3.8, 4) is 17.1 Å². The molecule has 0 radical (unpaired) electrons. The van der Waals surface area contributed by atoms with Gasteiger partial charge in [0.2, 0.25) is 15.7 Å². The molecule has 5 rings (SSSR count). The second-order valence-corrected chi connectivity index (χ2v) is 14.8. The first-order valence-electron chi connectivity index (χ1n) is 15.8. The lowest BCUT2D eigenvalue weighted by molar-refractivity contribution is -0.125. The minimum atomic E-state index is -3.74. The van der Waals surface area contributed by atoms with E-state index in [1.165, 1.54) is 6.92 Å². The number of hydrogen-bond acceptors (Lipinski definition) is 10. The number of amides is 1. The van der Waals surface area contributed by atoms with Gasteiger partial charge in [0.25, 0.3) is 5.91 Å². The van der Waals surface area contributed by atoms with Crippen LogP contribution in [0.4, 0.5) is 17.1 Å². The van der Waals surface area contributed by atoms with Crippen LogP contribution in [0.5, 0.6) is 5.75 Å². The van der Waals surface area contributed by atoms with Gasteiger partial charge in [-0.1, -0.05) is 39.0 Å². The fraction of sp³-hybridized carbons (Fsp3) is 0.412. The molecular formula is C34H40N6O8S2. The maximum Gasteiger partial charge on any atom is 0.335 e. The summed E-state index contributed by atoms with van der Waals surface area (Å²) in [6.07, 6.45) is 3.10. The molecule has 1 aliphatic rings. The first-order chi connectivity index (χ1) is 23.5. The maximum atomic E-state index is 13.5. The van der Waals surface area contributed by atoms with E-state index in [1.54, 1.807) is 16.8 Å². The molecule has 1 amide bonds. The molecule has 1 saturated carbocycles. The van der Waals surface area contributed by atoms with E-state index in [4.69, 9.17) is 29.4 Å². The number of H-pyrrole nitrogens is 1. The van der Waals surface area contributed by atoms with Crippen molar-refractivity contribution in [1.29, 1.82) is 0 Å². The number of aryl methyl sites for hydroxylation is 2. The van der Waals surface area contributed by atoms with E-state index >= 15 is 0 Å². The Morgan fingerprint density at radius 1 is 1.08 bits per heavy atom. The summed E-state index contributed by atoms with van der Waals surface area (Å²) in [5, 5.41) is 6.56. The zero-order valence-corrected chi connectivity index (χ0v) is 30.4. The zero-order valence-electron chi connectivity index (χ0n) is 28.8. The Morgan fingerprint density at radius 3 is 2.36 bits per heavy atom. The van der Waals surface area contributed by atoms with Gasteiger partial charge in [0.15, 0.2) is 17.6 Å². The topological polar surface area (TPSA) is 182 Å². The molecule has 16 heteroatoms. The van der Waals surface area contributed by atoms with Crippen LogP contribution in [-0.4, -0.2) is 61.8 Å². The van der Waals surface area contributed by atoms with Gasteiger partial charge in [-0.3, -0.25) is 19.1 Å². The van der Waals surface area contributed by atoms with Gasteiger partial charge in [-0.05, 0) is 80.7 Å². The summed E-state index contributed by atoms with van der Waals surface area (Å²) >= 11 is -0.750. The highest BCUT2D eigenvalue weighted by atomic mass is 32.2. The van der Waals surface area contributed by atoms with Crippen LogP contribution in [-0.2, 0) is 31.1 Å². The van der Waals surface area contributed by atoms with Crippen molar-refractivity contribution < 1.29 is 35.9 Å². The van der Waals surface area contributed by atoms with Crippen LogP contribution in [0.25, 0.3) is 21.9 Å². The summed E-state index contributed by atoms with van der Waals surface area (Å²) < 4.78 is 55.1. The third-order valence-electron chi connectivity index (χ3n) is 8.52. The Bertz CT molecular complexity index is 2080. The predicted molar refractivity (Wildman–Crippen MR) is 188 cm³/mol. The van der Waals surface area contributed by atoms with Gasteiger partial charge in [-0.15, -0.1) is 0 Å². The largest absolute Gasteiger partial charge is 0.479 e. The number of ether oxygens (including phenoxy) is 2. The summed E-state index contributed by atoms with van der Waals surface area (Å²) in [7, 11) is -3.74. The Morgan fingerprint density at radius 2 is 1.74 bits per heavy atom. The van der Waals surface area contributed by atoms with E-state index in [-0.39, 0.29) is 29.2 Å². The monoisotopic (exact) mass is 724 g/mol. The molecule has 266 valence electrons. The number of nitrogens with zero attached hydrogens (tertiary/aromatic N) is 3. The number of aromatic nitrogens is 3. The van der Waals surface area contributed by atoms with Crippen LogP contribution in [0.15, 0.2) is 42.6 Å². The van der Waals surface area contributed by atoms with Gasteiger partial charge < -0.3 is 14.8 Å². The molecule has 3 N–H and O–H groups in total. The molecule has 2 aromatic heterocycles. The minimum absolute atomic E-state index is 0.140. The molecule has 0 aliphatic heterocycles. The highest BCUT2D eigenvalue weighted by molar-refractivity contribution is 7.89. The smallest absolute Gasteiger partial charge is 0.335 e. The van der Waals surface area contributed by atoms with Crippen LogP contribution in [0.2, 0.25) is 0 Å². The van der Waals surface area contributed by atoms with Crippen molar-refractivity contribution in [2.75, 3.05) is 11.6 Å². The summed E-state index contributed by atoms with van der Waals surface area (Å²) in [6, 6.07) is 11.1. The molecule has 1 aliphatic carbocycles. The van der Waals surface area contributed by atoms with E-state index in [1.807, 2.05) is 48.9 Å². The number of aromatic amines is 1. The molecule has 2 heterocycles. The lowest BCUT2D eigenvalue weighted by atomic mass is 9.75. The molecule has 4 aromatic rings. The van der Waals surface area contributed by atoms with Gasteiger partial charge in [0, 0.05) is 17.4 Å². The third kappa shape index (κ3) is 8.96. The van der Waals surface area contributed by atoms with Crippen LogP contribution in [0.1, 0.15) is 62.0 Å². The Labute approximate surface area is 294 Å². The fourth-order valence-corrected chi connectivity index (χ4v) is 6.88. The average molecular weight is 725 g/mol. The van der Waals surface area contributed by atoms with E-state index in [2.05, 4.69) is 36.0 Å². The number of benzene rings is 2. The summed E-state index contributed by atoms with van der Waals surface area (Å²) in [5.74, 6) is 0.504. The average Bonchev–Trinajstić information content (AvgIpc) is 3.59. The first kappa shape index (κ1) is 37.8. The van der Waals surface area contributed by atoms with Crippen LogP contribution >= 0.6 is 0 Å². The van der Waals surface area contributed by atoms with Gasteiger partial charge in [0.1, 0.15) is 17.4 Å².